The number of carbonyl (C=O) groups excluding carboxylic acids is 2. The molecule has 1 heterocycles. The van der Waals surface area contributed by atoms with Gasteiger partial charge < -0.3 is 14.2 Å². The Hall–Kier alpha value is -2.94. The van der Waals surface area contributed by atoms with Gasteiger partial charge in [0.25, 0.3) is 5.06 Å². The maximum atomic E-state index is 11.7. The third-order valence-corrected chi connectivity index (χ3v) is 3.74. The Kier molecular flexibility index (Phi) is 4.91. The lowest BCUT2D eigenvalue weighted by Gasteiger charge is -2.07. The minimum absolute atomic E-state index is 0.0183. The number of carbonyl (C=O) groups is 2. The van der Waals surface area contributed by atoms with Gasteiger partial charge in [-0.2, -0.15) is 0 Å². The van der Waals surface area contributed by atoms with Crippen LogP contribution in [0, 0.1) is 10.1 Å². The van der Waals surface area contributed by atoms with Crippen molar-refractivity contribution in [2.24, 2.45) is 0 Å². The Bertz CT molecular complexity index is 768. The van der Waals surface area contributed by atoms with Gasteiger partial charge in [0.15, 0.2) is 0 Å². The van der Waals surface area contributed by atoms with E-state index >= 15 is 0 Å². The van der Waals surface area contributed by atoms with Crippen LogP contribution in [0.3, 0.4) is 0 Å². The van der Waals surface area contributed by atoms with E-state index in [1.165, 1.54) is 26.4 Å². The molecule has 120 valence electrons. The van der Waals surface area contributed by atoms with Crippen LogP contribution < -0.4 is 4.74 Å². The molecule has 23 heavy (non-hydrogen) atoms. The number of nitro groups is 1. The van der Waals surface area contributed by atoms with Crippen LogP contribution in [-0.2, 0) is 9.47 Å². The van der Waals surface area contributed by atoms with Gasteiger partial charge in [-0.3, -0.25) is 10.1 Å². The summed E-state index contributed by atoms with van der Waals surface area (Å²) in [6.45, 7) is 0. The van der Waals surface area contributed by atoms with Crippen LogP contribution in [0.1, 0.15) is 20.0 Å². The van der Waals surface area contributed by atoms with E-state index in [2.05, 4.69) is 9.47 Å². The molecule has 0 aliphatic rings. The van der Waals surface area contributed by atoms with Crippen molar-refractivity contribution in [2.75, 3.05) is 14.2 Å². The topological polar surface area (TPSA) is 105 Å². The summed E-state index contributed by atoms with van der Waals surface area (Å²) < 4.78 is 14.6. The van der Waals surface area contributed by atoms with Crippen molar-refractivity contribution >= 4 is 29.0 Å². The van der Waals surface area contributed by atoms with E-state index in [0.717, 1.165) is 17.4 Å². The van der Waals surface area contributed by atoms with Crippen molar-refractivity contribution in [3.63, 3.8) is 0 Å². The number of para-hydroxylation sites is 1. The normalized spacial score (nSPS) is 10.0. The van der Waals surface area contributed by atoms with Gasteiger partial charge in [-0.1, -0.05) is 23.5 Å². The zero-order chi connectivity index (χ0) is 17.0. The molecule has 0 spiro atoms. The number of methoxy groups -OCH3 is 2. The molecule has 0 saturated heterocycles. The Morgan fingerprint density at radius 3 is 2.39 bits per heavy atom. The zero-order valence-electron chi connectivity index (χ0n) is 12.1. The summed E-state index contributed by atoms with van der Waals surface area (Å²) >= 11 is 0.753. The highest BCUT2D eigenvalue weighted by Crippen LogP contribution is 2.40. The highest BCUT2D eigenvalue weighted by molar-refractivity contribution is 7.16. The summed E-state index contributed by atoms with van der Waals surface area (Å²) in [4.78, 5) is 33.6. The van der Waals surface area contributed by atoms with E-state index in [1.807, 2.05) is 0 Å². The fraction of sp³-hybridized carbons (Fsp3) is 0.143. The highest BCUT2D eigenvalue weighted by atomic mass is 32.1. The first-order valence-corrected chi connectivity index (χ1v) is 7.01. The third-order valence-electron chi connectivity index (χ3n) is 2.76. The number of hydrogen-bond acceptors (Lipinski definition) is 8. The van der Waals surface area contributed by atoms with E-state index in [4.69, 9.17) is 4.74 Å². The lowest BCUT2D eigenvalue weighted by molar-refractivity contribution is -0.385. The summed E-state index contributed by atoms with van der Waals surface area (Å²) in [5.74, 6) is -1.28. The Morgan fingerprint density at radius 2 is 1.78 bits per heavy atom. The summed E-state index contributed by atoms with van der Waals surface area (Å²) in [6.07, 6.45) is 0. The van der Waals surface area contributed by atoms with Crippen molar-refractivity contribution in [2.45, 2.75) is 0 Å². The third kappa shape index (κ3) is 3.46. The van der Waals surface area contributed by atoms with Crippen LogP contribution in [0.5, 0.6) is 10.8 Å². The van der Waals surface area contributed by atoms with Crippen LogP contribution in [-0.4, -0.2) is 31.1 Å². The molecule has 1 aromatic carbocycles. The predicted octanol–water partition coefficient (Wildman–Crippen LogP) is 3.02. The van der Waals surface area contributed by atoms with Crippen LogP contribution in [0.25, 0.3) is 0 Å². The van der Waals surface area contributed by atoms with Gasteiger partial charge in [0.2, 0.25) is 0 Å². The molecule has 0 fully saturated rings. The summed E-state index contributed by atoms with van der Waals surface area (Å²) in [5.41, 5.74) is -0.285. The smallest absolute Gasteiger partial charge is 0.348 e. The number of rotatable bonds is 5. The molecule has 2 aromatic rings. The number of benzene rings is 1. The SMILES string of the molecule is COC(=O)c1cc([N+](=O)[O-])c(Oc2ccccc2C(=O)OC)s1. The molecule has 0 N–H and O–H groups in total. The largest absolute Gasteiger partial charge is 0.465 e. The molecule has 0 aliphatic heterocycles. The first kappa shape index (κ1) is 16.4. The average molecular weight is 337 g/mol. The Morgan fingerprint density at radius 1 is 1.13 bits per heavy atom. The highest BCUT2D eigenvalue weighted by Gasteiger charge is 2.26. The van der Waals surface area contributed by atoms with Crippen molar-refractivity contribution in [3.8, 4) is 10.8 Å². The number of esters is 2. The number of thiophene rings is 1. The first-order chi connectivity index (χ1) is 11.0. The fourth-order valence-corrected chi connectivity index (χ4v) is 2.61. The Balaban J connectivity index is 2.44. The molecule has 0 amide bonds. The summed E-state index contributed by atoms with van der Waals surface area (Å²) in [7, 11) is 2.38. The molecule has 9 heteroatoms. The molecule has 0 bridgehead atoms. The van der Waals surface area contributed by atoms with Gasteiger partial charge >= 0.3 is 17.6 Å². The monoisotopic (exact) mass is 337 g/mol. The quantitative estimate of drug-likeness (QED) is 0.469. The predicted molar refractivity (Wildman–Crippen MR) is 80.2 cm³/mol. The average Bonchev–Trinajstić information content (AvgIpc) is 2.98. The second-order valence-electron chi connectivity index (χ2n) is 4.12. The zero-order valence-corrected chi connectivity index (χ0v) is 12.9. The molecular weight excluding hydrogens is 326 g/mol. The van der Waals surface area contributed by atoms with E-state index in [1.54, 1.807) is 12.1 Å². The van der Waals surface area contributed by atoms with Gasteiger partial charge in [0.05, 0.1) is 19.1 Å². The number of nitrogens with zero attached hydrogens (tertiary/aromatic N) is 1. The molecule has 0 saturated carbocycles. The van der Waals surface area contributed by atoms with Gasteiger partial charge in [0, 0.05) is 6.07 Å². The van der Waals surface area contributed by atoms with Crippen LogP contribution >= 0.6 is 11.3 Å². The minimum atomic E-state index is -0.714. The second kappa shape index (κ2) is 6.88. The van der Waals surface area contributed by atoms with Gasteiger partial charge in [0.1, 0.15) is 16.2 Å². The fourth-order valence-electron chi connectivity index (χ4n) is 1.70. The molecule has 8 nitrogen and oxygen atoms in total. The number of hydrogen-bond donors (Lipinski definition) is 0. The molecule has 0 radical (unpaired) electrons. The van der Waals surface area contributed by atoms with E-state index in [0.29, 0.717) is 0 Å². The van der Waals surface area contributed by atoms with E-state index < -0.39 is 22.5 Å². The minimum Gasteiger partial charge on any atom is -0.465 e. The Labute approximate surface area is 134 Å². The molecule has 0 unspecified atom stereocenters. The summed E-state index contributed by atoms with van der Waals surface area (Å²) in [6, 6.07) is 7.19. The first-order valence-electron chi connectivity index (χ1n) is 6.19. The van der Waals surface area contributed by atoms with Gasteiger partial charge in [-0.05, 0) is 12.1 Å². The standard InChI is InChI=1S/C14H11NO7S/c1-20-12(16)8-5-3-4-6-10(8)22-14-9(15(18)19)7-11(23-14)13(17)21-2/h3-7H,1-2H3. The molecule has 0 aliphatic carbocycles. The van der Waals surface area contributed by atoms with Crippen molar-refractivity contribution in [1.82, 2.24) is 0 Å². The summed E-state index contributed by atoms with van der Waals surface area (Å²) in [5, 5.41) is 11.0. The maximum Gasteiger partial charge on any atom is 0.348 e. The second-order valence-corrected chi connectivity index (χ2v) is 5.14. The van der Waals surface area contributed by atoms with Crippen molar-refractivity contribution < 1.29 is 28.7 Å². The molecule has 0 atom stereocenters. The van der Waals surface area contributed by atoms with E-state index in [-0.39, 0.29) is 21.3 Å². The lowest BCUT2D eigenvalue weighted by atomic mass is 10.2. The molecular formula is C14H11NO7S. The van der Waals surface area contributed by atoms with Crippen molar-refractivity contribution in [1.29, 1.82) is 0 Å². The van der Waals surface area contributed by atoms with Crippen LogP contribution in [0.15, 0.2) is 30.3 Å². The number of ether oxygens (including phenoxy) is 3. The lowest BCUT2D eigenvalue weighted by Crippen LogP contribution is -2.03. The van der Waals surface area contributed by atoms with Crippen molar-refractivity contribution in [3.05, 3.63) is 50.9 Å². The molecule has 1 aromatic heterocycles. The van der Waals surface area contributed by atoms with Gasteiger partial charge in [-0.15, -0.1) is 0 Å². The van der Waals surface area contributed by atoms with Crippen LogP contribution in [0.4, 0.5) is 5.69 Å². The molecule has 2 rings (SSSR count). The van der Waals surface area contributed by atoms with Crippen LogP contribution in [0.2, 0.25) is 0 Å². The maximum absolute atomic E-state index is 11.7. The van der Waals surface area contributed by atoms with E-state index in [9.17, 15) is 19.7 Å². The van der Waals surface area contributed by atoms with Gasteiger partial charge in [-0.25, -0.2) is 9.59 Å².